The maximum atomic E-state index is 11.9. The highest BCUT2D eigenvalue weighted by molar-refractivity contribution is 6.35. The lowest BCUT2D eigenvalue weighted by Crippen LogP contribution is -2.53. The third-order valence-electron chi connectivity index (χ3n) is 7.11. The molecule has 1 amide bonds. The first-order valence-corrected chi connectivity index (χ1v) is 13.8. The van der Waals surface area contributed by atoms with Gasteiger partial charge in [-0.05, 0) is 55.2 Å². The van der Waals surface area contributed by atoms with Crippen molar-refractivity contribution in [1.29, 1.82) is 0 Å². The number of carbonyl (C=O) groups is 1. The Morgan fingerprint density at radius 1 is 1.14 bits per heavy atom. The van der Waals surface area contributed by atoms with Crippen LogP contribution >= 0.6 is 23.2 Å². The molecule has 2 aliphatic rings. The first-order chi connectivity index (χ1) is 17.4. The number of halogens is 2. The molecule has 1 heterocycles. The van der Waals surface area contributed by atoms with Gasteiger partial charge in [0.1, 0.15) is 0 Å². The van der Waals surface area contributed by atoms with Crippen LogP contribution in [-0.2, 0) is 4.79 Å². The summed E-state index contributed by atoms with van der Waals surface area (Å²) in [6, 6.07) is 14.3. The standard InChI is InChI=1S/C28H37Cl2N5O/c1-19-18-35(15-14-32-19)28(33-22-6-4-2-3-5-7-22)34-23-11-8-20(9-12-23)25(17-27(31)36)24-13-10-21(29)16-26(24)30/h8-13,16,19,22,25,32H,2-7,14-15,17-18H2,1H3,(H2,31,36)(H,33,34)/t19-,25?/m0/s1. The van der Waals surface area contributed by atoms with Crippen LogP contribution in [0.25, 0.3) is 0 Å². The van der Waals surface area contributed by atoms with Gasteiger partial charge in [-0.3, -0.25) is 4.79 Å². The van der Waals surface area contributed by atoms with Gasteiger partial charge in [-0.15, -0.1) is 0 Å². The zero-order chi connectivity index (χ0) is 25.5. The summed E-state index contributed by atoms with van der Waals surface area (Å²) in [6.45, 7) is 5.01. The van der Waals surface area contributed by atoms with Gasteiger partial charge >= 0.3 is 0 Å². The number of nitrogens with one attached hydrogen (secondary N) is 2. The SMILES string of the molecule is C[C@H]1CN(/C(=N\C2CCCCCC2)Nc2ccc(C(CC(N)=O)c3ccc(Cl)cc3Cl)cc2)CCN1. The Bertz CT molecular complexity index is 1050. The number of rotatable bonds is 6. The molecule has 0 bridgehead atoms. The average Bonchev–Trinajstić information content (AvgIpc) is 3.12. The van der Waals surface area contributed by atoms with Crippen molar-refractivity contribution in [3.05, 3.63) is 63.6 Å². The van der Waals surface area contributed by atoms with E-state index in [4.69, 9.17) is 33.9 Å². The van der Waals surface area contributed by atoms with Crippen molar-refractivity contribution in [3.8, 4) is 0 Å². The fourth-order valence-electron chi connectivity index (χ4n) is 5.20. The molecule has 0 aromatic heterocycles. The smallest absolute Gasteiger partial charge is 0.218 e. The average molecular weight is 531 g/mol. The molecule has 2 aromatic carbocycles. The number of hydrogen-bond acceptors (Lipinski definition) is 3. The number of benzene rings is 2. The first kappa shape index (κ1) is 26.8. The van der Waals surface area contributed by atoms with Gasteiger partial charge in [-0.1, -0.05) is 67.1 Å². The maximum absolute atomic E-state index is 11.9. The van der Waals surface area contributed by atoms with Gasteiger partial charge in [0.05, 0.1) is 6.04 Å². The summed E-state index contributed by atoms with van der Waals surface area (Å²) < 4.78 is 0. The summed E-state index contributed by atoms with van der Waals surface area (Å²) in [7, 11) is 0. The van der Waals surface area contributed by atoms with Crippen molar-refractivity contribution in [1.82, 2.24) is 10.2 Å². The second-order valence-electron chi connectivity index (χ2n) is 10.0. The summed E-state index contributed by atoms with van der Waals surface area (Å²) in [4.78, 5) is 19.5. The largest absolute Gasteiger partial charge is 0.370 e. The molecule has 2 atom stereocenters. The third kappa shape index (κ3) is 7.37. The quantitative estimate of drug-likeness (QED) is 0.251. The van der Waals surface area contributed by atoms with Crippen LogP contribution in [0.5, 0.6) is 0 Å². The molecule has 6 nitrogen and oxygen atoms in total. The summed E-state index contributed by atoms with van der Waals surface area (Å²) in [5, 5.41) is 8.23. The highest BCUT2D eigenvalue weighted by Crippen LogP contribution is 2.35. The minimum absolute atomic E-state index is 0.168. The Hall–Kier alpha value is -2.28. The van der Waals surface area contributed by atoms with Gasteiger partial charge in [0.15, 0.2) is 5.96 Å². The van der Waals surface area contributed by atoms with E-state index in [1.165, 1.54) is 25.7 Å². The summed E-state index contributed by atoms with van der Waals surface area (Å²) in [6.07, 6.45) is 7.60. The molecule has 0 radical (unpaired) electrons. The van der Waals surface area contributed by atoms with E-state index in [1.54, 1.807) is 12.1 Å². The molecule has 4 rings (SSSR count). The molecule has 36 heavy (non-hydrogen) atoms. The van der Waals surface area contributed by atoms with Crippen molar-refractivity contribution in [2.45, 2.75) is 69.9 Å². The van der Waals surface area contributed by atoms with Crippen LogP contribution < -0.4 is 16.4 Å². The number of anilines is 1. The molecule has 194 valence electrons. The number of nitrogens with two attached hydrogens (primary N) is 1. The van der Waals surface area contributed by atoms with E-state index in [0.29, 0.717) is 22.1 Å². The Labute approximate surface area is 224 Å². The van der Waals surface area contributed by atoms with E-state index in [0.717, 1.165) is 55.2 Å². The van der Waals surface area contributed by atoms with Crippen molar-refractivity contribution in [2.24, 2.45) is 10.7 Å². The van der Waals surface area contributed by atoms with E-state index >= 15 is 0 Å². The molecule has 1 aliphatic carbocycles. The molecule has 4 N–H and O–H groups in total. The van der Waals surface area contributed by atoms with E-state index in [1.807, 2.05) is 30.3 Å². The van der Waals surface area contributed by atoms with Gasteiger partial charge in [0, 0.05) is 53.7 Å². The van der Waals surface area contributed by atoms with Gasteiger partial charge in [0.25, 0.3) is 0 Å². The lowest BCUT2D eigenvalue weighted by Gasteiger charge is -2.35. The molecule has 1 saturated carbocycles. The number of piperazine rings is 1. The van der Waals surface area contributed by atoms with Crippen LogP contribution in [0.15, 0.2) is 47.5 Å². The number of primary amides is 1. The fourth-order valence-corrected chi connectivity index (χ4v) is 5.74. The molecular weight excluding hydrogens is 493 g/mol. The normalized spacial score (nSPS) is 20.6. The first-order valence-electron chi connectivity index (χ1n) is 13.1. The van der Waals surface area contributed by atoms with E-state index in [2.05, 4.69) is 22.5 Å². The van der Waals surface area contributed by atoms with Crippen LogP contribution in [-0.4, -0.2) is 48.5 Å². The van der Waals surface area contributed by atoms with E-state index in [9.17, 15) is 4.79 Å². The van der Waals surface area contributed by atoms with Crippen LogP contribution in [0.3, 0.4) is 0 Å². The van der Waals surface area contributed by atoms with Crippen LogP contribution in [0.4, 0.5) is 5.69 Å². The van der Waals surface area contributed by atoms with Crippen LogP contribution in [0.2, 0.25) is 10.0 Å². The summed E-state index contributed by atoms with van der Waals surface area (Å²) in [5.74, 6) is 0.339. The van der Waals surface area contributed by atoms with Crippen molar-refractivity contribution < 1.29 is 4.79 Å². The van der Waals surface area contributed by atoms with Crippen LogP contribution in [0.1, 0.15) is 68.9 Å². The molecule has 2 fully saturated rings. The Morgan fingerprint density at radius 3 is 2.50 bits per heavy atom. The zero-order valence-electron chi connectivity index (χ0n) is 21.0. The van der Waals surface area contributed by atoms with Gasteiger partial charge < -0.3 is 21.3 Å². The second-order valence-corrected chi connectivity index (χ2v) is 10.9. The Kier molecular flexibility index (Phi) is 9.52. The molecule has 1 unspecified atom stereocenters. The predicted octanol–water partition coefficient (Wildman–Crippen LogP) is 5.79. The maximum Gasteiger partial charge on any atom is 0.218 e. The highest BCUT2D eigenvalue weighted by Gasteiger charge is 2.23. The number of nitrogens with zero attached hydrogens (tertiary/aromatic N) is 2. The molecule has 0 spiro atoms. The number of aliphatic imine (C=N–C) groups is 1. The highest BCUT2D eigenvalue weighted by atomic mass is 35.5. The van der Waals surface area contributed by atoms with Crippen molar-refractivity contribution >= 4 is 40.8 Å². The molecule has 1 aliphatic heterocycles. The topological polar surface area (TPSA) is 82.8 Å². The van der Waals surface area contributed by atoms with Crippen molar-refractivity contribution in [3.63, 3.8) is 0 Å². The number of carbonyl (C=O) groups excluding carboxylic acids is 1. The molecule has 8 heteroatoms. The Morgan fingerprint density at radius 2 is 1.86 bits per heavy atom. The minimum atomic E-state index is -0.376. The number of amides is 1. The van der Waals surface area contributed by atoms with Crippen molar-refractivity contribution in [2.75, 3.05) is 25.0 Å². The number of guanidine groups is 1. The van der Waals surface area contributed by atoms with Crippen LogP contribution in [0, 0.1) is 0 Å². The van der Waals surface area contributed by atoms with Gasteiger partial charge in [-0.2, -0.15) is 0 Å². The van der Waals surface area contributed by atoms with Gasteiger partial charge in [-0.25, -0.2) is 4.99 Å². The molecular formula is C28H37Cl2N5O. The second kappa shape index (κ2) is 12.8. The minimum Gasteiger partial charge on any atom is -0.370 e. The third-order valence-corrected chi connectivity index (χ3v) is 7.67. The lowest BCUT2D eigenvalue weighted by atomic mass is 9.88. The molecule has 2 aromatic rings. The predicted molar refractivity (Wildman–Crippen MR) is 150 cm³/mol. The monoisotopic (exact) mass is 529 g/mol. The van der Waals surface area contributed by atoms with E-state index in [-0.39, 0.29) is 18.2 Å². The van der Waals surface area contributed by atoms with Gasteiger partial charge in [0.2, 0.25) is 5.91 Å². The lowest BCUT2D eigenvalue weighted by molar-refractivity contribution is -0.118. The fraction of sp³-hybridized carbons (Fsp3) is 0.500. The number of hydrogen-bond donors (Lipinski definition) is 3. The molecule has 1 saturated heterocycles. The summed E-state index contributed by atoms with van der Waals surface area (Å²) in [5.41, 5.74) is 8.37. The zero-order valence-corrected chi connectivity index (χ0v) is 22.5. The Balaban J connectivity index is 1.57. The van der Waals surface area contributed by atoms with E-state index < -0.39 is 0 Å². The summed E-state index contributed by atoms with van der Waals surface area (Å²) >= 11 is 12.6.